The first-order valence-electron chi connectivity index (χ1n) is 2.17. The first-order valence-corrected chi connectivity index (χ1v) is 10.6. The summed E-state index contributed by atoms with van der Waals surface area (Å²) in [7, 11) is 3.92. The summed E-state index contributed by atoms with van der Waals surface area (Å²) in [5.74, 6) is 0. The van der Waals surface area contributed by atoms with Gasteiger partial charge in [0.05, 0.1) is 0 Å². The van der Waals surface area contributed by atoms with E-state index in [-0.39, 0.29) is 0 Å². The first-order chi connectivity index (χ1) is 3.00. The fraction of sp³-hybridized carbons (Fsp3) is 1.00. The Morgan fingerprint density at radius 1 is 0.667 bits per heavy atom. The van der Waals surface area contributed by atoms with E-state index in [9.17, 15) is 0 Å². The van der Waals surface area contributed by atoms with Crippen LogP contribution in [-0.2, 0) is 0 Å². The van der Waals surface area contributed by atoms with Crippen LogP contribution in [0.15, 0.2) is 0 Å². The van der Waals surface area contributed by atoms with E-state index in [0.717, 1.165) is 29.2 Å². The van der Waals surface area contributed by atoms with E-state index in [1.165, 1.54) is 10.8 Å². The molecule has 0 saturated carbocycles. The highest BCUT2D eigenvalue weighted by Crippen LogP contribution is 3.58. The summed E-state index contributed by atoms with van der Waals surface area (Å²) in [4.78, 5) is 0. The molecule has 0 amide bonds. The van der Waals surface area contributed by atoms with Crippen molar-refractivity contribution < 1.29 is 0 Å². The van der Waals surface area contributed by atoms with Crippen molar-refractivity contribution in [3.05, 3.63) is 0 Å². The third kappa shape index (κ3) is 0.112. The molecule has 6 heavy (non-hydrogen) atoms. The Morgan fingerprint density at radius 2 is 1.00 bits per heavy atom. The van der Waals surface area contributed by atoms with Crippen LogP contribution in [0.25, 0.3) is 0 Å². The SMILES string of the molecule is C12C3P4P1P2P34. The summed E-state index contributed by atoms with van der Waals surface area (Å²) >= 11 is 0. The van der Waals surface area contributed by atoms with Crippen molar-refractivity contribution in [1.29, 1.82) is 0 Å². The van der Waals surface area contributed by atoms with Crippen molar-refractivity contribution >= 4 is 29.2 Å². The van der Waals surface area contributed by atoms with Crippen LogP contribution in [0.2, 0.25) is 0 Å². The Labute approximate surface area is 40.7 Å². The van der Waals surface area contributed by atoms with Crippen LogP contribution in [-0.4, -0.2) is 10.8 Å². The maximum atomic E-state index is 1.52. The molecular weight excluding hydrogens is 148 g/mol. The molecule has 4 heteroatoms. The average Bonchev–Trinajstić information content (AvgIpc) is 1.64. The molecular formula is C2H2P4. The zero-order valence-corrected chi connectivity index (χ0v) is 6.52. The molecule has 0 N–H and O–H groups in total. The summed E-state index contributed by atoms with van der Waals surface area (Å²) in [6.45, 7) is 0. The second kappa shape index (κ2) is 0.565. The van der Waals surface area contributed by atoms with Gasteiger partial charge in [-0.2, -0.15) is 0 Å². The Kier molecular flexibility index (Phi) is 0.286. The minimum atomic E-state index is 0.980. The van der Waals surface area contributed by atoms with Crippen LogP contribution >= 0.6 is 29.2 Å². The van der Waals surface area contributed by atoms with Gasteiger partial charge >= 0.3 is 0 Å². The van der Waals surface area contributed by atoms with Crippen molar-refractivity contribution in [2.75, 3.05) is 0 Å². The van der Waals surface area contributed by atoms with Gasteiger partial charge in [-0.1, -0.05) is 0 Å². The molecule has 5 heterocycles. The van der Waals surface area contributed by atoms with Crippen molar-refractivity contribution in [2.45, 2.75) is 10.8 Å². The number of hydrogen-bond acceptors (Lipinski definition) is 0. The molecule has 0 unspecified atom stereocenters. The van der Waals surface area contributed by atoms with E-state index in [4.69, 9.17) is 0 Å². The molecule has 0 aromatic carbocycles. The van der Waals surface area contributed by atoms with Gasteiger partial charge in [-0.25, -0.2) is 0 Å². The normalized spacial score (nSPS) is 108. The Hall–Kier alpha value is 1.72. The second-order valence-corrected chi connectivity index (χ2v) is 21.8. The molecule has 0 radical (unpaired) electrons. The fourth-order valence-electron chi connectivity index (χ4n) is 1.50. The van der Waals surface area contributed by atoms with Crippen molar-refractivity contribution in [2.24, 2.45) is 0 Å². The Balaban J connectivity index is 2.31. The van der Waals surface area contributed by atoms with E-state index < -0.39 is 0 Å². The highest BCUT2D eigenvalue weighted by Gasteiger charge is 2.99. The van der Waals surface area contributed by atoms with Gasteiger partial charge in [0.25, 0.3) is 0 Å². The highest BCUT2D eigenvalue weighted by molar-refractivity contribution is 9.28. The lowest BCUT2D eigenvalue weighted by atomic mass is 10.9. The first kappa shape index (κ1) is 3.03. The molecule has 0 atom stereocenters. The predicted octanol–water partition coefficient (Wildman–Crippen LogP) is 3.28. The van der Waals surface area contributed by atoms with Crippen LogP contribution < -0.4 is 0 Å². The van der Waals surface area contributed by atoms with Crippen LogP contribution in [0.1, 0.15) is 0 Å². The molecule has 5 aliphatic rings. The van der Waals surface area contributed by atoms with Gasteiger partial charge in [-0.3, -0.25) is 0 Å². The number of rotatable bonds is 0. The van der Waals surface area contributed by atoms with Crippen molar-refractivity contribution in [1.82, 2.24) is 0 Å². The third-order valence-electron chi connectivity index (χ3n) is 1.94. The molecule has 5 aliphatic heterocycles. The highest BCUT2D eigenvalue weighted by atomic mass is 33.1. The summed E-state index contributed by atoms with van der Waals surface area (Å²) in [5, 5.41) is 3.04. The topological polar surface area (TPSA) is 0 Å². The minimum Gasteiger partial charge on any atom is -0.0354 e. The summed E-state index contributed by atoms with van der Waals surface area (Å²) < 4.78 is 0. The Bertz CT molecular complexity index is 80.6. The van der Waals surface area contributed by atoms with Crippen molar-refractivity contribution in [3.8, 4) is 0 Å². The molecule has 0 aromatic heterocycles. The summed E-state index contributed by atoms with van der Waals surface area (Å²) in [6, 6.07) is 0. The molecule has 0 aliphatic carbocycles. The molecule has 0 spiro atoms. The molecule has 0 nitrogen and oxygen atoms in total. The smallest absolute Gasteiger partial charge is 0.0282 e. The van der Waals surface area contributed by atoms with Gasteiger partial charge in [0, 0.05) is 10.8 Å². The van der Waals surface area contributed by atoms with Crippen LogP contribution in [0.4, 0.5) is 0 Å². The predicted molar refractivity (Wildman–Crippen MR) is 35.3 cm³/mol. The maximum Gasteiger partial charge on any atom is 0.0282 e. The molecule has 30 valence electrons. The lowest BCUT2D eigenvalue weighted by molar-refractivity contribution is 1.37. The maximum absolute atomic E-state index is 1.52. The number of hydrogen-bond donors (Lipinski definition) is 0. The molecule has 0 bridgehead atoms. The van der Waals surface area contributed by atoms with Crippen LogP contribution in [0.3, 0.4) is 0 Å². The van der Waals surface area contributed by atoms with Crippen LogP contribution in [0.5, 0.6) is 0 Å². The third-order valence-corrected chi connectivity index (χ3v) is 40.2. The zero-order valence-electron chi connectivity index (χ0n) is 2.94. The van der Waals surface area contributed by atoms with E-state index in [1.807, 2.05) is 0 Å². The second-order valence-electron chi connectivity index (χ2n) is 2.11. The van der Waals surface area contributed by atoms with Gasteiger partial charge in [0.1, 0.15) is 0 Å². The van der Waals surface area contributed by atoms with E-state index >= 15 is 0 Å². The average molecular weight is 150 g/mol. The largest absolute Gasteiger partial charge is 0.0354 e. The molecule has 5 saturated heterocycles. The quantitative estimate of drug-likeness (QED) is 0.464. The minimum absolute atomic E-state index is 0.980. The fourth-order valence-corrected chi connectivity index (χ4v) is 61.3. The van der Waals surface area contributed by atoms with Gasteiger partial charge in [0.15, 0.2) is 0 Å². The molecule has 5 fully saturated rings. The van der Waals surface area contributed by atoms with Gasteiger partial charge in [-0.15, -0.1) is 0 Å². The van der Waals surface area contributed by atoms with E-state index in [1.54, 1.807) is 0 Å². The molecule has 5 rings (SSSR count). The van der Waals surface area contributed by atoms with Crippen LogP contribution in [0, 0.1) is 0 Å². The van der Waals surface area contributed by atoms with E-state index in [0.29, 0.717) is 0 Å². The summed E-state index contributed by atoms with van der Waals surface area (Å²) in [6.07, 6.45) is 0. The van der Waals surface area contributed by atoms with E-state index in [2.05, 4.69) is 0 Å². The van der Waals surface area contributed by atoms with Crippen molar-refractivity contribution in [3.63, 3.8) is 0 Å². The van der Waals surface area contributed by atoms with Gasteiger partial charge in [-0.05, 0) is 29.2 Å². The zero-order chi connectivity index (χ0) is 3.46. The van der Waals surface area contributed by atoms with Gasteiger partial charge < -0.3 is 0 Å². The standard InChI is InChI=1S/C2H2P4/c1-2-5-3(1)4(1)6(2)5/h1-2H. The summed E-state index contributed by atoms with van der Waals surface area (Å²) in [5.41, 5.74) is 0. The van der Waals surface area contributed by atoms with Gasteiger partial charge in [0.2, 0.25) is 0 Å². The monoisotopic (exact) mass is 150 g/mol. The molecule has 0 aromatic rings. The lowest BCUT2D eigenvalue weighted by Gasteiger charge is -2.03. The Morgan fingerprint density at radius 3 is 1.17 bits per heavy atom. The lowest BCUT2D eigenvalue weighted by Crippen LogP contribution is -1.92.